The fourth-order valence-electron chi connectivity index (χ4n) is 1.47. The highest BCUT2D eigenvalue weighted by atomic mass is 19.1. The summed E-state index contributed by atoms with van der Waals surface area (Å²) in [5.74, 6) is -0.720. The molecule has 1 N–H and O–H groups in total. The van der Waals surface area contributed by atoms with E-state index in [1.807, 2.05) is 0 Å². The predicted octanol–water partition coefficient (Wildman–Crippen LogP) is 2.61. The molecule has 0 fully saturated rings. The number of carbonyl (C=O) groups excluding carboxylic acids is 1. The van der Waals surface area contributed by atoms with E-state index >= 15 is 0 Å². The number of benzene rings is 1. The van der Waals surface area contributed by atoms with Crippen LogP contribution in [-0.2, 0) is 0 Å². The second-order valence-electron chi connectivity index (χ2n) is 3.52. The van der Waals surface area contributed by atoms with Crippen LogP contribution >= 0.6 is 0 Å². The number of nitrogens with one attached hydrogen (secondary N) is 1. The third-order valence-corrected chi connectivity index (χ3v) is 2.45. The molecule has 0 aliphatic carbocycles. The summed E-state index contributed by atoms with van der Waals surface area (Å²) >= 11 is 0. The highest BCUT2D eigenvalue weighted by Gasteiger charge is 2.18. The van der Waals surface area contributed by atoms with Crippen molar-refractivity contribution in [1.82, 2.24) is 4.90 Å². The van der Waals surface area contributed by atoms with Gasteiger partial charge in [-0.15, -0.1) is 0 Å². The number of urea groups is 1. The number of amides is 2. The summed E-state index contributed by atoms with van der Waals surface area (Å²) in [6, 6.07) is 2.56. The third kappa shape index (κ3) is 3.16. The van der Waals surface area contributed by atoms with Gasteiger partial charge in [0, 0.05) is 13.1 Å². The second-order valence-corrected chi connectivity index (χ2v) is 3.52. The van der Waals surface area contributed by atoms with Crippen molar-refractivity contribution in [3.05, 3.63) is 34.1 Å². The van der Waals surface area contributed by atoms with Crippen LogP contribution in [0.5, 0.6) is 0 Å². The molecule has 0 aliphatic heterocycles. The summed E-state index contributed by atoms with van der Waals surface area (Å²) in [6.45, 7) is 4.55. The van der Waals surface area contributed by atoms with Crippen LogP contribution in [0.2, 0.25) is 0 Å². The van der Waals surface area contributed by atoms with E-state index in [0.29, 0.717) is 13.1 Å². The van der Waals surface area contributed by atoms with Gasteiger partial charge >= 0.3 is 6.03 Å². The van der Waals surface area contributed by atoms with E-state index in [1.165, 1.54) is 11.0 Å². The summed E-state index contributed by atoms with van der Waals surface area (Å²) in [7, 11) is 0. The first-order valence-electron chi connectivity index (χ1n) is 5.49. The summed E-state index contributed by atoms with van der Waals surface area (Å²) in [4.78, 5) is 23.2. The van der Waals surface area contributed by atoms with Crippen LogP contribution in [0.1, 0.15) is 13.8 Å². The topological polar surface area (TPSA) is 75.5 Å². The van der Waals surface area contributed by atoms with E-state index in [0.717, 1.165) is 12.1 Å². The summed E-state index contributed by atoms with van der Waals surface area (Å²) in [5, 5.41) is 13.1. The van der Waals surface area contributed by atoms with Crippen LogP contribution in [0.15, 0.2) is 18.2 Å². The minimum atomic E-state index is -0.735. The standard InChI is InChI=1S/C11H14FN3O3/c1-3-14(4-2)11(16)13-9-6-5-8(12)7-10(9)15(17)18/h5-7H,3-4H2,1-2H3,(H,13,16). The molecule has 0 saturated heterocycles. The molecule has 1 aromatic carbocycles. The van der Waals surface area contributed by atoms with E-state index in [4.69, 9.17) is 0 Å². The van der Waals surface area contributed by atoms with Gasteiger partial charge in [-0.3, -0.25) is 10.1 Å². The number of hydrogen-bond acceptors (Lipinski definition) is 3. The van der Waals surface area contributed by atoms with Crippen LogP contribution in [-0.4, -0.2) is 28.9 Å². The molecule has 6 nitrogen and oxygen atoms in total. The van der Waals surface area contributed by atoms with E-state index < -0.39 is 22.5 Å². The minimum absolute atomic E-state index is 0.0155. The summed E-state index contributed by atoms with van der Waals surface area (Å²) in [5.41, 5.74) is -0.478. The van der Waals surface area contributed by atoms with Crippen LogP contribution < -0.4 is 5.32 Å². The molecule has 0 atom stereocenters. The lowest BCUT2D eigenvalue weighted by molar-refractivity contribution is -0.384. The van der Waals surface area contributed by atoms with Gasteiger partial charge in [0.05, 0.1) is 11.0 Å². The first kappa shape index (κ1) is 13.9. The van der Waals surface area contributed by atoms with Crippen molar-refractivity contribution in [3.8, 4) is 0 Å². The van der Waals surface area contributed by atoms with Crippen molar-refractivity contribution in [2.75, 3.05) is 18.4 Å². The Morgan fingerprint density at radius 1 is 1.44 bits per heavy atom. The molecule has 0 radical (unpaired) electrons. The van der Waals surface area contributed by atoms with Gasteiger partial charge in [0.25, 0.3) is 5.69 Å². The van der Waals surface area contributed by atoms with Crippen LogP contribution in [0.3, 0.4) is 0 Å². The molecular formula is C11H14FN3O3. The molecule has 0 heterocycles. The van der Waals surface area contributed by atoms with Crippen molar-refractivity contribution in [2.24, 2.45) is 0 Å². The van der Waals surface area contributed by atoms with Crippen LogP contribution in [0.4, 0.5) is 20.6 Å². The highest BCUT2D eigenvalue weighted by Crippen LogP contribution is 2.25. The normalized spacial score (nSPS) is 9.94. The first-order valence-corrected chi connectivity index (χ1v) is 5.49. The smallest absolute Gasteiger partial charge is 0.322 e. The predicted molar refractivity (Wildman–Crippen MR) is 65.0 cm³/mol. The maximum Gasteiger partial charge on any atom is 0.322 e. The number of nitro benzene ring substituents is 1. The summed E-state index contributed by atoms with van der Waals surface area (Å²) in [6.07, 6.45) is 0. The fraction of sp³-hybridized carbons (Fsp3) is 0.364. The summed E-state index contributed by atoms with van der Waals surface area (Å²) < 4.78 is 12.9. The average molecular weight is 255 g/mol. The highest BCUT2D eigenvalue weighted by molar-refractivity contribution is 5.91. The van der Waals surface area contributed by atoms with Gasteiger partial charge in [0.15, 0.2) is 0 Å². The SMILES string of the molecule is CCN(CC)C(=O)Nc1ccc(F)cc1[N+](=O)[O-]. The molecule has 0 bridgehead atoms. The molecule has 0 spiro atoms. The molecule has 0 unspecified atom stereocenters. The Morgan fingerprint density at radius 3 is 2.56 bits per heavy atom. The Kier molecular flexibility index (Phi) is 4.59. The Bertz CT molecular complexity index is 461. The lowest BCUT2D eigenvalue weighted by atomic mass is 10.2. The maximum absolute atomic E-state index is 12.9. The molecule has 98 valence electrons. The van der Waals surface area contributed by atoms with Crippen molar-refractivity contribution in [1.29, 1.82) is 0 Å². The van der Waals surface area contributed by atoms with Gasteiger partial charge in [-0.1, -0.05) is 0 Å². The number of nitro groups is 1. The van der Waals surface area contributed by atoms with E-state index in [2.05, 4.69) is 5.32 Å². The molecule has 0 saturated carbocycles. The van der Waals surface area contributed by atoms with Crippen molar-refractivity contribution >= 4 is 17.4 Å². The number of anilines is 1. The van der Waals surface area contributed by atoms with Crippen molar-refractivity contribution in [2.45, 2.75) is 13.8 Å². The monoisotopic (exact) mass is 255 g/mol. The number of hydrogen-bond donors (Lipinski definition) is 1. The van der Waals surface area contributed by atoms with Crippen molar-refractivity contribution < 1.29 is 14.1 Å². The Hall–Kier alpha value is -2.18. The first-order chi connectivity index (χ1) is 8.49. The van der Waals surface area contributed by atoms with Gasteiger partial charge in [0.2, 0.25) is 0 Å². The molecule has 7 heteroatoms. The Balaban J connectivity index is 2.97. The lowest BCUT2D eigenvalue weighted by Crippen LogP contribution is -2.34. The van der Waals surface area contributed by atoms with Gasteiger partial charge < -0.3 is 10.2 Å². The maximum atomic E-state index is 12.9. The van der Waals surface area contributed by atoms with Gasteiger partial charge in [-0.05, 0) is 26.0 Å². The van der Waals surface area contributed by atoms with Gasteiger partial charge in [0.1, 0.15) is 11.5 Å². The Labute approximate surface area is 104 Å². The second kappa shape index (κ2) is 5.95. The number of rotatable bonds is 4. The zero-order chi connectivity index (χ0) is 13.7. The van der Waals surface area contributed by atoms with Crippen molar-refractivity contribution in [3.63, 3.8) is 0 Å². The average Bonchev–Trinajstić information content (AvgIpc) is 2.32. The molecule has 1 aromatic rings. The quantitative estimate of drug-likeness (QED) is 0.663. The number of carbonyl (C=O) groups is 1. The molecule has 2 amide bonds. The van der Waals surface area contributed by atoms with E-state index in [1.54, 1.807) is 13.8 Å². The fourth-order valence-corrected chi connectivity index (χ4v) is 1.47. The van der Waals surface area contributed by atoms with E-state index in [9.17, 15) is 19.3 Å². The number of halogens is 1. The molecule has 0 aliphatic rings. The minimum Gasteiger partial charge on any atom is -0.325 e. The zero-order valence-corrected chi connectivity index (χ0v) is 10.1. The zero-order valence-electron chi connectivity index (χ0n) is 10.1. The third-order valence-electron chi connectivity index (χ3n) is 2.45. The molecule has 18 heavy (non-hydrogen) atoms. The molecule has 0 aromatic heterocycles. The Morgan fingerprint density at radius 2 is 2.06 bits per heavy atom. The lowest BCUT2D eigenvalue weighted by Gasteiger charge is -2.19. The largest absolute Gasteiger partial charge is 0.325 e. The number of nitrogens with zero attached hydrogens (tertiary/aromatic N) is 2. The van der Waals surface area contributed by atoms with Crippen LogP contribution in [0.25, 0.3) is 0 Å². The molecule has 1 rings (SSSR count). The molecular weight excluding hydrogens is 241 g/mol. The van der Waals surface area contributed by atoms with Crippen LogP contribution in [0, 0.1) is 15.9 Å². The van der Waals surface area contributed by atoms with Gasteiger partial charge in [-0.2, -0.15) is 0 Å². The van der Waals surface area contributed by atoms with Gasteiger partial charge in [-0.25, -0.2) is 9.18 Å². The van der Waals surface area contributed by atoms with E-state index in [-0.39, 0.29) is 5.69 Å².